The number of ether oxygens (including phenoxy) is 2. The van der Waals surface area contributed by atoms with Gasteiger partial charge in [-0.15, -0.1) is 13.2 Å². The van der Waals surface area contributed by atoms with Crippen molar-refractivity contribution in [2.75, 3.05) is 5.73 Å². The van der Waals surface area contributed by atoms with Gasteiger partial charge in [-0.1, -0.05) is 0 Å². The lowest BCUT2D eigenvalue weighted by molar-refractivity contribution is -0.274. The minimum absolute atomic E-state index is 0.115. The molecule has 0 bridgehead atoms. The van der Waals surface area contributed by atoms with Gasteiger partial charge in [-0.05, 0) is 34.1 Å². The molecule has 0 saturated carbocycles. The molecule has 106 valence electrons. The molecule has 0 amide bonds. The summed E-state index contributed by atoms with van der Waals surface area (Å²) >= 11 is 2.98. The third-order valence-corrected chi connectivity index (χ3v) is 2.72. The van der Waals surface area contributed by atoms with Gasteiger partial charge >= 0.3 is 6.36 Å². The standard InChI is InChI=1S/C12H8BrF3N2O2/c13-10-4-8(1-2-11(10)20-12(14,15)16)19-9-3-7(17)5-18-6-9/h1-6H,17H2. The molecule has 0 radical (unpaired) electrons. The third-order valence-electron chi connectivity index (χ3n) is 2.10. The number of hydrogen-bond donors (Lipinski definition) is 1. The molecule has 0 aliphatic heterocycles. The maximum Gasteiger partial charge on any atom is 0.573 e. The van der Waals surface area contributed by atoms with Crippen LogP contribution in [-0.2, 0) is 0 Å². The number of rotatable bonds is 3. The maximum absolute atomic E-state index is 12.1. The fourth-order valence-electron chi connectivity index (χ4n) is 1.38. The number of benzene rings is 1. The van der Waals surface area contributed by atoms with E-state index in [1.54, 1.807) is 6.07 Å². The molecule has 1 aromatic carbocycles. The zero-order chi connectivity index (χ0) is 14.8. The third kappa shape index (κ3) is 4.02. The smallest absolute Gasteiger partial charge is 0.456 e. The van der Waals surface area contributed by atoms with Crippen LogP contribution in [0.1, 0.15) is 0 Å². The van der Waals surface area contributed by atoms with Gasteiger partial charge in [0.2, 0.25) is 0 Å². The zero-order valence-corrected chi connectivity index (χ0v) is 11.4. The number of hydrogen-bond acceptors (Lipinski definition) is 4. The highest BCUT2D eigenvalue weighted by molar-refractivity contribution is 9.10. The van der Waals surface area contributed by atoms with Gasteiger partial charge in [0.1, 0.15) is 17.2 Å². The van der Waals surface area contributed by atoms with Gasteiger partial charge < -0.3 is 15.2 Å². The second-order valence-corrected chi connectivity index (χ2v) is 4.55. The van der Waals surface area contributed by atoms with E-state index in [1.807, 2.05) is 0 Å². The van der Waals surface area contributed by atoms with E-state index in [4.69, 9.17) is 10.5 Å². The lowest BCUT2D eigenvalue weighted by Crippen LogP contribution is -2.17. The van der Waals surface area contributed by atoms with Crippen LogP contribution >= 0.6 is 15.9 Å². The van der Waals surface area contributed by atoms with Crippen molar-refractivity contribution in [1.29, 1.82) is 0 Å². The predicted molar refractivity (Wildman–Crippen MR) is 69.5 cm³/mol. The maximum atomic E-state index is 12.1. The van der Waals surface area contributed by atoms with Crippen molar-refractivity contribution >= 4 is 21.6 Å². The van der Waals surface area contributed by atoms with Crippen molar-refractivity contribution in [2.45, 2.75) is 6.36 Å². The largest absolute Gasteiger partial charge is 0.573 e. The quantitative estimate of drug-likeness (QED) is 0.906. The molecule has 1 aromatic heterocycles. The molecule has 8 heteroatoms. The van der Waals surface area contributed by atoms with Gasteiger partial charge in [-0.2, -0.15) is 0 Å². The summed E-state index contributed by atoms with van der Waals surface area (Å²) in [5, 5.41) is 0. The minimum Gasteiger partial charge on any atom is -0.456 e. The molecule has 0 saturated heterocycles. The fraction of sp³-hybridized carbons (Fsp3) is 0.0833. The Kier molecular flexibility index (Phi) is 4.03. The summed E-state index contributed by atoms with van der Waals surface area (Å²) in [7, 11) is 0. The lowest BCUT2D eigenvalue weighted by Gasteiger charge is -2.12. The average Bonchev–Trinajstić information content (AvgIpc) is 2.31. The number of nitrogens with zero attached hydrogens (tertiary/aromatic N) is 1. The number of nitrogen functional groups attached to an aromatic ring is 1. The molecule has 2 aromatic rings. The summed E-state index contributed by atoms with van der Waals surface area (Å²) < 4.78 is 45.7. The van der Waals surface area contributed by atoms with E-state index in [2.05, 4.69) is 25.7 Å². The highest BCUT2D eigenvalue weighted by Gasteiger charge is 2.32. The highest BCUT2D eigenvalue weighted by atomic mass is 79.9. The van der Waals surface area contributed by atoms with Crippen LogP contribution in [0, 0.1) is 0 Å². The Morgan fingerprint density at radius 2 is 1.85 bits per heavy atom. The van der Waals surface area contributed by atoms with Crippen molar-refractivity contribution in [1.82, 2.24) is 4.98 Å². The van der Waals surface area contributed by atoms with Crippen LogP contribution in [0.5, 0.6) is 17.2 Å². The van der Waals surface area contributed by atoms with Crippen LogP contribution in [0.2, 0.25) is 0 Å². The van der Waals surface area contributed by atoms with Crippen molar-refractivity contribution < 1.29 is 22.6 Å². The van der Waals surface area contributed by atoms with E-state index in [-0.39, 0.29) is 10.2 Å². The summed E-state index contributed by atoms with van der Waals surface area (Å²) in [4.78, 5) is 3.83. The molecule has 4 nitrogen and oxygen atoms in total. The van der Waals surface area contributed by atoms with Gasteiger partial charge in [0, 0.05) is 6.07 Å². The summed E-state index contributed by atoms with van der Waals surface area (Å²) in [6.45, 7) is 0. The molecule has 0 spiro atoms. The van der Waals surface area contributed by atoms with Crippen LogP contribution in [-0.4, -0.2) is 11.3 Å². The van der Waals surface area contributed by atoms with Gasteiger partial charge in [0.15, 0.2) is 0 Å². The molecular formula is C12H8BrF3N2O2. The van der Waals surface area contributed by atoms with Crippen molar-refractivity contribution in [3.8, 4) is 17.2 Å². The van der Waals surface area contributed by atoms with Crippen LogP contribution < -0.4 is 15.2 Å². The number of anilines is 1. The topological polar surface area (TPSA) is 57.4 Å². The van der Waals surface area contributed by atoms with E-state index in [0.717, 1.165) is 6.07 Å². The predicted octanol–water partition coefficient (Wildman–Crippen LogP) is 4.12. The van der Waals surface area contributed by atoms with Crippen LogP contribution in [0.4, 0.5) is 18.9 Å². The molecule has 0 unspecified atom stereocenters. The summed E-state index contributed by atoms with van der Waals surface area (Å²) in [5.41, 5.74) is 5.95. The minimum atomic E-state index is -4.75. The molecule has 0 fully saturated rings. The van der Waals surface area contributed by atoms with Gasteiger partial charge in [-0.25, -0.2) is 0 Å². The Labute approximate surface area is 120 Å². The van der Waals surface area contributed by atoms with Crippen LogP contribution in [0.15, 0.2) is 41.1 Å². The van der Waals surface area contributed by atoms with E-state index < -0.39 is 6.36 Å². The van der Waals surface area contributed by atoms with Gasteiger partial charge in [0.05, 0.1) is 22.6 Å². The zero-order valence-electron chi connectivity index (χ0n) is 9.82. The Morgan fingerprint density at radius 1 is 1.10 bits per heavy atom. The second-order valence-electron chi connectivity index (χ2n) is 3.70. The Bertz CT molecular complexity index is 620. The normalized spacial score (nSPS) is 11.2. The highest BCUT2D eigenvalue weighted by Crippen LogP contribution is 2.34. The first kappa shape index (κ1) is 14.4. The Hall–Kier alpha value is -1.96. The molecule has 0 aliphatic rings. The second kappa shape index (κ2) is 5.58. The average molecular weight is 349 g/mol. The monoisotopic (exact) mass is 348 g/mol. The number of pyridine rings is 1. The van der Waals surface area contributed by atoms with Gasteiger partial charge in [-0.3, -0.25) is 4.98 Å². The summed E-state index contributed by atoms with van der Waals surface area (Å²) in [5.74, 6) is 0.343. The van der Waals surface area contributed by atoms with E-state index in [9.17, 15) is 13.2 Å². The molecule has 1 heterocycles. The first-order valence-corrected chi connectivity index (χ1v) is 6.06. The van der Waals surface area contributed by atoms with Crippen molar-refractivity contribution in [3.63, 3.8) is 0 Å². The number of aromatic nitrogens is 1. The number of alkyl halides is 3. The Balaban J connectivity index is 2.17. The number of nitrogens with two attached hydrogens (primary N) is 1. The van der Waals surface area contributed by atoms with Crippen molar-refractivity contribution in [3.05, 3.63) is 41.1 Å². The summed E-state index contributed by atoms with van der Waals surface area (Å²) in [6.07, 6.45) is -1.86. The molecule has 2 rings (SSSR count). The summed E-state index contributed by atoms with van der Waals surface area (Å²) in [6, 6.07) is 5.38. The molecule has 20 heavy (non-hydrogen) atoms. The SMILES string of the molecule is Nc1cncc(Oc2ccc(OC(F)(F)F)c(Br)c2)c1. The molecule has 0 aliphatic carbocycles. The molecule has 2 N–H and O–H groups in total. The first-order valence-electron chi connectivity index (χ1n) is 5.27. The van der Waals surface area contributed by atoms with Crippen LogP contribution in [0.25, 0.3) is 0 Å². The molecule has 0 atom stereocenters. The lowest BCUT2D eigenvalue weighted by atomic mass is 10.3. The first-order chi connectivity index (χ1) is 9.33. The van der Waals surface area contributed by atoms with E-state index >= 15 is 0 Å². The number of halogens is 4. The van der Waals surface area contributed by atoms with E-state index in [0.29, 0.717) is 17.2 Å². The van der Waals surface area contributed by atoms with Crippen molar-refractivity contribution in [2.24, 2.45) is 0 Å². The van der Waals surface area contributed by atoms with Crippen LogP contribution in [0.3, 0.4) is 0 Å². The fourth-order valence-corrected chi connectivity index (χ4v) is 1.82. The molecular weight excluding hydrogens is 341 g/mol. The Morgan fingerprint density at radius 3 is 2.45 bits per heavy atom. The van der Waals surface area contributed by atoms with Gasteiger partial charge in [0.25, 0.3) is 0 Å². The van der Waals surface area contributed by atoms with E-state index in [1.165, 1.54) is 24.5 Å².